The number of hydrogen-bond donors (Lipinski definition) is 0. The monoisotopic (exact) mass is 336 g/mol. The summed E-state index contributed by atoms with van der Waals surface area (Å²) >= 11 is 0. The first-order chi connectivity index (χ1) is 12.9. The first-order valence-corrected chi connectivity index (χ1v) is 8.62. The summed E-state index contributed by atoms with van der Waals surface area (Å²) in [6.07, 6.45) is 0.724. The van der Waals surface area contributed by atoms with E-state index in [1.807, 2.05) is 54.6 Å². The fourth-order valence-electron chi connectivity index (χ4n) is 3.32. The molecule has 0 aliphatic carbocycles. The van der Waals surface area contributed by atoms with Crippen LogP contribution in [0.3, 0.4) is 0 Å². The summed E-state index contributed by atoms with van der Waals surface area (Å²) in [5, 5.41) is 8.98. The van der Waals surface area contributed by atoms with E-state index in [1.54, 1.807) is 0 Å². The lowest BCUT2D eigenvalue weighted by atomic mass is 10.1. The van der Waals surface area contributed by atoms with Gasteiger partial charge >= 0.3 is 0 Å². The van der Waals surface area contributed by atoms with E-state index in [4.69, 9.17) is 4.98 Å². The minimum Gasteiger partial charge on any atom is -0.272 e. The number of rotatable bonds is 3. The number of fused-ring (bicyclic) bond motifs is 3. The molecule has 0 saturated carbocycles. The molecular formula is C22H16N4. The van der Waals surface area contributed by atoms with Crippen molar-refractivity contribution in [3.63, 3.8) is 0 Å². The van der Waals surface area contributed by atoms with Crippen molar-refractivity contribution in [2.24, 2.45) is 0 Å². The SMILES string of the molecule is c1ccc(Cc2nc3ccccc3n3c(-c4ccccc4)nnc23)cc1. The minimum absolute atomic E-state index is 0.724. The topological polar surface area (TPSA) is 43.1 Å². The van der Waals surface area contributed by atoms with Crippen LogP contribution in [0.25, 0.3) is 28.1 Å². The maximum Gasteiger partial charge on any atom is 0.183 e. The van der Waals surface area contributed by atoms with Crippen molar-refractivity contribution in [1.82, 2.24) is 19.6 Å². The summed E-state index contributed by atoms with van der Waals surface area (Å²) in [6, 6.07) is 28.7. The van der Waals surface area contributed by atoms with Gasteiger partial charge in [0.15, 0.2) is 11.5 Å². The van der Waals surface area contributed by atoms with Crippen molar-refractivity contribution in [2.75, 3.05) is 0 Å². The Hall–Kier alpha value is -3.53. The number of nitrogens with zero attached hydrogens (tertiary/aromatic N) is 4. The molecule has 2 heterocycles. The first-order valence-electron chi connectivity index (χ1n) is 8.62. The Kier molecular flexibility index (Phi) is 3.46. The molecule has 0 saturated heterocycles. The molecule has 0 aliphatic heterocycles. The van der Waals surface area contributed by atoms with E-state index >= 15 is 0 Å². The first kappa shape index (κ1) is 14.8. The zero-order valence-electron chi connectivity index (χ0n) is 14.1. The van der Waals surface area contributed by atoms with Crippen LogP contribution in [0.5, 0.6) is 0 Å². The maximum atomic E-state index is 4.88. The average Bonchev–Trinajstić information content (AvgIpc) is 3.15. The molecule has 5 aromatic rings. The Labute approximate surface area is 150 Å². The number of hydrogen-bond acceptors (Lipinski definition) is 3. The minimum atomic E-state index is 0.724. The van der Waals surface area contributed by atoms with Crippen LogP contribution in [0.1, 0.15) is 11.3 Å². The fraction of sp³-hybridized carbons (Fsp3) is 0.0455. The zero-order chi connectivity index (χ0) is 17.3. The molecule has 0 N–H and O–H groups in total. The molecule has 5 rings (SSSR count). The third kappa shape index (κ3) is 2.43. The maximum absolute atomic E-state index is 4.88. The van der Waals surface area contributed by atoms with Gasteiger partial charge in [-0.1, -0.05) is 72.8 Å². The molecule has 0 spiro atoms. The van der Waals surface area contributed by atoms with Crippen LogP contribution in [0.4, 0.5) is 0 Å². The lowest BCUT2D eigenvalue weighted by molar-refractivity contribution is 1.05. The summed E-state index contributed by atoms with van der Waals surface area (Å²) in [5.74, 6) is 0.841. The summed E-state index contributed by atoms with van der Waals surface area (Å²) < 4.78 is 2.12. The lowest BCUT2D eigenvalue weighted by Gasteiger charge is -2.09. The second-order valence-electron chi connectivity index (χ2n) is 6.26. The highest BCUT2D eigenvalue weighted by molar-refractivity contribution is 5.81. The van der Waals surface area contributed by atoms with Gasteiger partial charge in [0.25, 0.3) is 0 Å². The molecule has 2 aromatic heterocycles. The van der Waals surface area contributed by atoms with Crippen LogP contribution in [0.15, 0.2) is 84.9 Å². The highest BCUT2D eigenvalue weighted by Gasteiger charge is 2.16. The Morgan fingerprint density at radius 2 is 1.38 bits per heavy atom. The van der Waals surface area contributed by atoms with Crippen molar-refractivity contribution in [1.29, 1.82) is 0 Å². The highest BCUT2D eigenvalue weighted by Crippen LogP contribution is 2.25. The molecule has 0 fully saturated rings. The van der Waals surface area contributed by atoms with Crippen molar-refractivity contribution >= 4 is 16.7 Å². The van der Waals surface area contributed by atoms with E-state index in [9.17, 15) is 0 Å². The van der Waals surface area contributed by atoms with Gasteiger partial charge in [-0.15, -0.1) is 10.2 Å². The summed E-state index contributed by atoms with van der Waals surface area (Å²) in [6.45, 7) is 0. The number of aromatic nitrogens is 4. The van der Waals surface area contributed by atoms with Gasteiger partial charge < -0.3 is 0 Å². The molecule has 0 radical (unpaired) electrons. The lowest BCUT2D eigenvalue weighted by Crippen LogP contribution is -2.01. The van der Waals surface area contributed by atoms with Crippen molar-refractivity contribution in [3.8, 4) is 11.4 Å². The standard InChI is InChI=1S/C22H16N4/c1-3-9-16(10-4-1)15-19-22-25-24-21(17-11-5-2-6-12-17)26(22)20-14-8-7-13-18(20)23-19/h1-14H,15H2. The quantitative estimate of drug-likeness (QED) is 0.486. The van der Waals surface area contributed by atoms with Crippen LogP contribution < -0.4 is 0 Å². The summed E-state index contributed by atoms with van der Waals surface area (Å²) in [7, 11) is 0. The Morgan fingerprint density at radius 3 is 2.19 bits per heavy atom. The summed E-state index contributed by atoms with van der Waals surface area (Å²) in [5.41, 5.74) is 5.96. The molecule has 0 aliphatic rings. The van der Waals surface area contributed by atoms with Gasteiger partial charge in [0.05, 0.1) is 16.7 Å². The average molecular weight is 336 g/mol. The summed E-state index contributed by atoms with van der Waals surface area (Å²) in [4.78, 5) is 4.88. The smallest absolute Gasteiger partial charge is 0.183 e. The number of benzene rings is 3. The molecule has 124 valence electrons. The predicted octanol–water partition coefficient (Wildman–Crippen LogP) is 4.54. The third-order valence-electron chi connectivity index (χ3n) is 4.55. The fourth-order valence-corrected chi connectivity index (χ4v) is 3.32. The van der Waals surface area contributed by atoms with Gasteiger partial charge in [-0.05, 0) is 17.7 Å². The Balaban J connectivity index is 1.80. The van der Waals surface area contributed by atoms with E-state index in [-0.39, 0.29) is 0 Å². The molecular weight excluding hydrogens is 320 g/mol. The predicted molar refractivity (Wildman–Crippen MR) is 103 cm³/mol. The molecule has 0 amide bonds. The Bertz CT molecular complexity index is 1190. The van der Waals surface area contributed by atoms with Gasteiger partial charge in [0, 0.05) is 12.0 Å². The molecule has 4 heteroatoms. The van der Waals surface area contributed by atoms with E-state index in [2.05, 4.69) is 44.9 Å². The van der Waals surface area contributed by atoms with Crippen LogP contribution >= 0.6 is 0 Å². The molecule has 0 atom stereocenters. The van der Waals surface area contributed by atoms with Gasteiger partial charge in [-0.3, -0.25) is 4.40 Å². The van der Waals surface area contributed by atoms with Gasteiger partial charge in [-0.25, -0.2) is 4.98 Å². The van der Waals surface area contributed by atoms with E-state index in [1.165, 1.54) is 5.56 Å². The van der Waals surface area contributed by atoms with E-state index in [0.717, 1.165) is 40.2 Å². The van der Waals surface area contributed by atoms with Gasteiger partial charge in [-0.2, -0.15) is 0 Å². The largest absolute Gasteiger partial charge is 0.272 e. The zero-order valence-corrected chi connectivity index (χ0v) is 14.1. The molecule has 26 heavy (non-hydrogen) atoms. The van der Waals surface area contributed by atoms with Crippen LogP contribution in [-0.4, -0.2) is 19.6 Å². The van der Waals surface area contributed by atoms with Gasteiger partial charge in [0.1, 0.15) is 0 Å². The molecule has 0 unspecified atom stereocenters. The van der Waals surface area contributed by atoms with Crippen molar-refractivity contribution < 1.29 is 0 Å². The normalized spacial score (nSPS) is 11.2. The molecule has 3 aromatic carbocycles. The molecule has 0 bridgehead atoms. The van der Waals surface area contributed by atoms with Crippen LogP contribution in [0, 0.1) is 0 Å². The Morgan fingerprint density at radius 1 is 0.692 bits per heavy atom. The van der Waals surface area contributed by atoms with Crippen molar-refractivity contribution in [3.05, 3.63) is 96.2 Å². The van der Waals surface area contributed by atoms with E-state index < -0.39 is 0 Å². The highest BCUT2D eigenvalue weighted by atomic mass is 15.3. The number of para-hydroxylation sites is 2. The third-order valence-corrected chi connectivity index (χ3v) is 4.55. The van der Waals surface area contributed by atoms with Gasteiger partial charge in [0.2, 0.25) is 0 Å². The van der Waals surface area contributed by atoms with Crippen LogP contribution in [0.2, 0.25) is 0 Å². The second kappa shape index (κ2) is 6.08. The second-order valence-corrected chi connectivity index (χ2v) is 6.26. The van der Waals surface area contributed by atoms with E-state index in [0.29, 0.717) is 0 Å². The van der Waals surface area contributed by atoms with Crippen LogP contribution in [-0.2, 0) is 6.42 Å². The van der Waals surface area contributed by atoms with Crippen molar-refractivity contribution in [2.45, 2.75) is 6.42 Å². The molecule has 4 nitrogen and oxygen atoms in total.